The molecule has 1 heterocycles. The average Bonchev–Trinajstić information content (AvgIpc) is 2.78. The minimum absolute atomic E-state index is 0.123. The fourth-order valence-corrected chi connectivity index (χ4v) is 3.78. The third-order valence-electron chi connectivity index (χ3n) is 5.43. The number of hydrogen-bond donors (Lipinski definition) is 2. The molecule has 0 aliphatic carbocycles. The minimum Gasteiger partial charge on any atom is -0.493 e. The largest absolute Gasteiger partial charge is 0.493 e. The molecule has 8 heteroatoms. The molecule has 2 N–H and O–H groups in total. The van der Waals surface area contributed by atoms with Gasteiger partial charge in [0.05, 0.1) is 21.3 Å². The zero-order valence-electron chi connectivity index (χ0n) is 18.9. The number of guanidine groups is 1. The van der Waals surface area contributed by atoms with E-state index in [9.17, 15) is 4.79 Å². The maximum absolute atomic E-state index is 11.6. The highest BCUT2D eigenvalue weighted by Crippen LogP contribution is 2.39. The molecule has 1 aliphatic heterocycles. The Morgan fingerprint density at radius 2 is 1.83 bits per heavy atom. The number of likely N-dealkylation sites (tertiary alicyclic amines) is 1. The standard InChI is InChI=1S/C22H36N4O4/c1-6-24-22(26-13-10-16(11-14-26)15-19(27)23-2)25-12-9-17-7-8-18(28-3)21(30-5)20(17)29-4/h7-8,16H,6,9-15H2,1-5H3,(H,23,27)(H,24,25). The lowest BCUT2D eigenvalue weighted by Crippen LogP contribution is -2.46. The van der Waals surface area contributed by atoms with Crippen LogP contribution in [-0.4, -0.2) is 71.3 Å². The van der Waals surface area contributed by atoms with Crippen molar-refractivity contribution in [2.75, 3.05) is 54.6 Å². The number of carbonyl (C=O) groups excluding carboxylic acids is 1. The number of nitrogens with one attached hydrogen (secondary N) is 2. The Balaban J connectivity index is 2.01. The molecule has 0 atom stereocenters. The van der Waals surface area contributed by atoms with Crippen LogP contribution in [0, 0.1) is 5.92 Å². The average molecular weight is 421 g/mol. The Bertz CT molecular complexity index is 715. The second-order valence-electron chi connectivity index (χ2n) is 7.29. The molecule has 0 saturated carbocycles. The molecule has 8 nitrogen and oxygen atoms in total. The lowest BCUT2D eigenvalue weighted by atomic mass is 9.93. The van der Waals surface area contributed by atoms with Gasteiger partial charge in [-0.1, -0.05) is 6.07 Å². The summed E-state index contributed by atoms with van der Waals surface area (Å²) < 4.78 is 16.4. The minimum atomic E-state index is 0.123. The number of amides is 1. The number of benzene rings is 1. The number of carbonyl (C=O) groups is 1. The van der Waals surface area contributed by atoms with E-state index in [4.69, 9.17) is 19.2 Å². The van der Waals surface area contributed by atoms with Gasteiger partial charge in [0.2, 0.25) is 11.7 Å². The van der Waals surface area contributed by atoms with E-state index in [2.05, 4.69) is 22.5 Å². The molecule has 1 aliphatic rings. The highest BCUT2D eigenvalue weighted by Gasteiger charge is 2.23. The summed E-state index contributed by atoms with van der Waals surface area (Å²) >= 11 is 0. The molecule has 0 aromatic heterocycles. The molecular weight excluding hydrogens is 384 g/mol. The number of rotatable bonds is 9. The third kappa shape index (κ3) is 6.18. The maximum atomic E-state index is 11.6. The normalized spacial score (nSPS) is 15.0. The Labute approximate surface area is 180 Å². The van der Waals surface area contributed by atoms with Crippen LogP contribution >= 0.6 is 0 Å². The number of nitrogens with zero attached hydrogens (tertiary/aromatic N) is 2. The van der Waals surface area contributed by atoms with E-state index in [1.807, 2.05) is 12.1 Å². The predicted octanol–water partition coefficient (Wildman–Crippen LogP) is 2.07. The molecule has 0 spiro atoms. The molecule has 0 bridgehead atoms. The van der Waals surface area contributed by atoms with Crippen molar-refractivity contribution in [3.63, 3.8) is 0 Å². The molecule has 1 amide bonds. The fourth-order valence-electron chi connectivity index (χ4n) is 3.78. The van der Waals surface area contributed by atoms with Gasteiger partial charge in [-0.05, 0) is 38.2 Å². The van der Waals surface area contributed by atoms with Gasteiger partial charge in [0.25, 0.3) is 0 Å². The number of piperidine rings is 1. The molecule has 1 fully saturated rings. The first kappa shape index (κ1) is 23.6. The Morgan fingerprint density at radius 3 is 2.40 bits per heavy atom. The van der Waals surface area contributed by atoms with Crippen LogP contribution < -0.4 is 24.8 Å². The van der Waals surface area contributed by atoms with E-state index >= 15 is 0 Å². The molecule has 2 rings (SSSR count). The van der Waals surface area contributed by atoms with Gasteiger partial charge in [-0.2, -0.15) is 0 Å². The van der Waals surface area contributed by atoms with Gasteiger partial charge < -0.3 is 29.7 Å². The Kier molecular flexibility index (Phi) is 9.57. The quantitative estimate of drug-likeness (QED) is 0.470. The Hall–Kier alpha value is -2.64. The van der Waals surface area contributed by atoms with E-state index in [1.54, 1.807) is 28.4 Å². The highest BCUT2D eigenvalue weighted by atomic mass is 16.5. The summed E-state index contributed by atoms with van der Waals surface area (Å²) in [6, 6.07) is 3.88. The van der Waals surface area contributed by atoms with Gasteiger partial charge >= 0.3 is 0 Å². The first-order valence-electron chi connectivity index (χ1n) is 10.6. The summed E-state index contributed by atoms with van der Waals surface area (Å²) in [5, 5.41) is 6.11. The second kappa shape index (κ2) is 12.1. The van der Waals surface area contributed by atoms with Crippen molar-refractivity contribution >= 4 is 11.9 Å². The maximum Gasteiger partial charge on any atom is 0.220 e. The van der Waals surface area contributed by atoms with Crippen LogP contribution in [0.15, 0.2) is 17.1 Å². The SMILES string of the molecule is CCNC(=NCCc1ccc(OC)c(OC)c1OC)N1CCC(CC(=O)NC)CC1. The molecule has 0 radical (unpaired) electrons. The molecule has 1 saturated heterocycles. The molecular formula is C22H36N4O4. The van der Waals surface area contributed by atoms with E-state index in [-0.39, 0.29) is 5.91 Å². The van der Waals surface area contributed by atoms with Crippen LogP contribution in [0.25, 0.3) is 0 Å². The molecule has 168 valence electrons. The topological polar surface area (TPSA) is 84.4 Å². The van der Waals surface area contributed by atoms with E-state index in [0.29, 0.717) is 36.1 Å². The van der Waals surface area contributed by atoms with Gasteiger partial charge in [0, 0.05) is 45.2 Å². The van der Waals surface area contributed by atoms with Crippen LogP contribution in [-0.2, 0) is 11.2 Å². The van der Waals surface area contributed by atoms with Crippen LogP contribution in [0.3, 0.4) is 0 Å². The predicted molar refractivity (Wildman–Crippen MR) is 119 cm³/mol. The van der Waals surface area contributed by atoms with Crippen LogP contribution in [0.5, 0.6) is 17.2 Å². The third-order valence-corrected chi connectivity index (χ3v) is 5.43. The lowest BCUT2D eigenvalue weighted by molar-refractivity contribution is -0.121. The van der Waals surface area contributed by atoms with Crippen molar-refractivity contribution in [2.24, 2.45) is 10.9 Å². The zero-order chi connectivity index (χ0) is 21.9. The summed E-state index contributed by atoms with van der Waals surface area (Å²) in [5.41, 5.74) is 1.03. The number of aliphatic imine (C=N–C) groups is 1. The summed E-state index contributed by atoms with van der Waals surface area (Å²) in [6.45, 7) is 5.34. The van der Waals surface area contributed by atoms with Gasteiger partial charge in [-0.15, -0.1) is 0 Å². The fraction of sp³-hybridized carbons (Fsp3) is 0.636. The zero-order valence-corrected chi connectivity index (χ0v) is 18.9. The van der Waals surface area contributed by atoms with Crippen molar-refractivity contribution in [2.45, 2.75) is 32.6 Å². The number of methoxy groups -OCH3 is 3. The van der Waals surface area contributed by atoms with Gasteiger partial charge in [0.15, 0.2) is 17.5 Å². The van der Waals surface area contributed by atoms with E-state index < -0.39 is 0 Å². The van der Waals surface area contributed by atoms with E-state index in [1.165, 1.54) is 0 Å². The van der Waals surface area contributed by atoms with Crippen LogP contribution in [0.4, 0.5) is 0 Å². The smallest absolute Gasteiger partial charge is 0.220 e. The van der Waals surface area contributed by atoms with Crippen LogP contribution in [0.1, 0.15) is 31.7 Å². The van der Waals surface area contributed by atoms with Gasteiger partial charge in [-0.3, -0.25) is 9.79 Å². The molecule has 0 unspecified atom stereocenters. The first-order chi connectivity index (χ1) is 14.6. The molecule has 1 aromatic rings. The van der Waals surface area contributed by atoms with Crippen molar-refractivity contribution < 1.29 is 19.0 Å². The summed E-state index contributed by atoms with van der Waals surface area (Å²) in [7, 11) is 6.55. The number of hydrogen-bond acceptors (Lipinski definition) is 5. The van der Waals surface area contributed by atoms with Crippen molar-refractivity contribution in [1.82, 2.24) is 15.5 Å². The van der Waals surface area contributed by atoms with Crippen molar-refractivity contribution in [1.29, 1.82) is 0 Å². The second-order valence-corrected chi connectivity index (χ2v) is 7.29. The first-order valence-corrected chi connectivity index (χ1v) is 10.6. The highest BCUT2D eigenvalue weighted by molar-refractivity contribution is 5.80. The summed E-state index contributed by atoms with van der Waals surface area (Å²) in [6.07, 6.45) is 3.34. The monoisotopic (exact) mass is 420 g/mol. The van der Waals surface area contributed by atoms with Crippen LogP contribution in [0.2, 0.25) is 0 Å². The Morgan fingerprint density at radius 1 is 1.13 bits per heavy atom. The molecule has 1 aromatic carbocycles. The van der Waals surface area contributed by atoms with Gasteiger partial charge in [0.1, 0.15) is 0 Å². The number of ether oxygens (including phenoxy) is 3. The van der Waals surface area contributed by atoms with Gasteiger partial charge in [-0.25, -0.2) is 0 Å². The molecule has 30 heavy (non-hydrogen) atoms. The summed E-state index contributed by atoms with van der Waals surface area (Å²) in [5.74, 6) is 3.43. The van der Waals surface area contributed by atoms with Crippen molar-refractivity contribution in [3.8, 4) is 17.2 Å². The van der Waals surface area contributed by atoms with E-state index in [0.717, 1.165) is 50.4 Å². The summed E-state index contributed by atoms with van der Waals surface area (Å²) in [4.78, 5) is 18.7. The lowest BCUT2D eigenvalue weighted by Gasteiger charge is -2.34. The van der Waals surface area contributed by atoms with Crippen molar-refractivity contribution in [3.05, 3.63) is 17.7 Å².